The van der Waals surface area contributed by atoms with Crippen LogP contribution in [0.1, 0.15) is 22.6 Å². The maximum absolute atomic E-state index is 12.4. The van der Waals surface area contributed by atoms with Gasteiger partial charge in [-0.05, 0) is 55.8 Å². The molecular weight excluding hydrogens is 462 g/mol. The molecule has 0 aliphatic rings. The molecule has 11 heteroatoms. The molecule has 3 rings (SSSR count). The Bertz CT molecular complexity index is 1310. The van der Waals surface area contributed by atoms with E-state index < -0.39 is 15.9 Å². The van der Waals surface area contributed by atoms with Crippen LogP contribution in [0.3, 0.4) is 0 Å². The van der Waals surface area contributed by atoms with Gasteiger partial charge in [0.15, 0.2) is 11.5 Å². The van der Waals surface area contributed by atoms with Gasteiger partial charge in [-0.3, -0.25) is 4.79 Å². The summed E-state index contributed by atoms with van der Waals surface area (Å²) in [5.41, 5.74) is 2.48. The third kappa shape index (κ3) is 5.94. The number of primary sulfonamides is 1. The minimum absolute atomic E-state index is 0.149. The fourth-order valence-electron chi connectivity index (χ4n) is 3.07. The van der Waals surface area contributed by atoms with Gasteiger partial charge < -0.3 is 24.1 Å². The van der Waals surface area contributed by atoms with E-state index in [1.165, 1.54) is 38.5 Å². The normalized spacial score (nSPS) is 11.4. The number of benzene rings is 2. The van der Waals surface area contributed by atoms with Crippen molar-refractivity contribution in [2.24, 2.45) is 5.14 Å². The fraction of sp³-hybridized carbons (Fsp3) is 0.217. The summed E-state index contributed by atoms with van der Waals surface area (Å²) < 4.78 is 44.8. The van der Waals surface area contributed by atoms with Crippen molar-refractivity contribution in [1.82, 2.24) is 5.16 Å². The largest absolute Gasteiger partial charge is 0.495 e. The van der Waals surface area contributed by atoms with Gasteiger partial charge in [0, 0.05) is 6.08 Å². The van der Waals surface area contributed by atoms with Crippen LogP contribution in [0.25, 0.3) is 6.08 Å². The molecule has 0 bridgehead atoms. The van der Waals surface area contributed by atoms with Crippen molar-refractivity contribution >= 4 is 27.7 Å². The van der Waals surface area contributed by atoms with Crippen molar-refractivity contribution in [1.29, 1.82) is 0 Å². The number of anilines is 1. The maximum atomic E-state index is 12.4. The first-order chi connectivity index (χ1) is 16.1. The minimum atomic E-state index is -3.94. The molecule has 2 aromatic carbocycles. The number of nitrogens with one attached hydrogen (secondary N) is 1. The molecular formula is C23H25N3O7S. The van der Waals surface area contributed by atoms with Crippen LogP contribution in [-0.4, -0.2) is 33.7 Å². The van der Waals surface area contributed by atoms with Crippen molar-refractivity contribution in [2.45, 2.75) is 25.3 Å². The molecule has 1 heterocycles. The highest BCUT2D eigenvalue weighted by Crippen LogP contribution is 2.30. The van der Waals surface area contributed by atoms with Crippen LogP contribution in [0.15, 0.2) is 51.9 Å². The average Bonchev–Trinajstić information content (AvgIpc) is 3.12. The zero-order valence-electron chi connectivity index (χ0n) is 19.1. The number of hydrogen-bond acceptors (Lipinski definition) is 8. The van der Waals surface area contributed by atoms with E-state index in [2.05, 4.69) is 10.5 Å². The number of carbonyl (C=O) groups is 1. The molecule has 3 aromatic rings. The summed E-state index contributed by atoms with van der Waals surface area (Å²) in [6.45, 7) is 3.93. The second kappa shape index (κ2) is 10.4. The predicted octanol–water partition coefficient (Wildman–Crippen LogP) is 3.19. The van der Waals surface area contributed by atoms with Crippen molar-refractivity contribution in [3.05, 3.63) is 65.1 Å². The molecule has 180 valence electrons. The minimum Gasteiger partial charge on any atom is -0.495 e. The summed E-state index contributed by atoms with van der Waals surface area (Å²) in [7, 11) is -1.02. The molecule has 1 amide bonds. The van der Waals surface area contributed by atoms with Gasteiger partial charge in [0.1, 0.15) is 18.1 Å². The van der Waals surface area contributed by atoms with Crippen LogP contribution >= 0.6 is 0 Å². The molecule has 0 saturated carbocycles. The molecule has 10 nitrogen and oxygen atoms in total. The molecule has 34 heavy (non-hydrogen) atoms. The molecule has 0 atom stereocenters. The van der Waals surface area contributed by atoms with E-state index in [1.54, 1.807) is 24.3 Å². The van der Waals surface area contributed by atoms with Crippen LogP contribution in [0, 0.1) is 13.8 Å². The van der Waals surface area contributed by atoms with Crippen LogP contribution in [0.5, 0.6) is 17.2 Å². The quantitative estimate of drug-likeness (QED) is 0.438. The van der Waals surface area contributed by atoms with Crippen molar-refractivity contribution in [3.8, 4) is 17.2 Å². The number of carbonyl (C=O) groups excluding carboxylic acids is 1. The smallest absolute Gasteiger partial charge is 0.248 e. The summed E-state index contributed by atoms with van der Waals surface area (Å²) >= 11 is 0. The Balaban J connectivity index is 1.72. The maximum Gasteiger partial charge on any atom is 0.248 e. The topological polar surface area (TPSA) is 143 Å². The van der Waals surface area contributed by atoms with E-state index in [-0.39, 0.29) is 22.9 Å². The number of ether oxygens (including phenoxy) is 3. The summed E-state index contributed by atoms with van der Waals surface area (Å²) in [4.78, 5) is 12.3. The number of hydrogen-bond donors (Lipinski definition) is 2. The lowest BCUT2D eigenvalue weighted by Crippen LogP contribution is -2.14. The lowest BCUT2D eigenvalue weighted by atomic mass is 10.1. The zero-order chi connectivity index (χ0) is 24.9. The van der Waals surface area contributed by atoms with Crippen LogP contribution in [-0.2, 0) is 21.4 Å². The molecule has 0 fully saturated rings. The monoisotopic (exact) mass is 487 g/mol. The van der Waals surface area contributed by atoms with Crippen molar-refractivity contribution in [2.75, 3.05) is 19.5 Å². The molecule has 0 unspecified atom stereocenters. The first kappa shape index (κ1) is 24.8. The van der Waals surface area contributed by atoms with Gasteiger partial charge in [-0.25, -0.2) is 13.6 Å². The summed E-state index contributed by atoms with van der Waals surface area (Å²) in [5, 5.41) is 11.7. The van der Waals surface area contributed by atoms with Gasteiger partial charge in [0.2, 0.25) is 15.9 Å². The molecule has 3 N–H and O–H groups in total. The highest BCUT2D eigenvalue weighted by Gasteiger charge is 2.14. The fourth-order valence-corrected chi connectivity index (χ4v) is 3.61. The number of rotatable bonds is 9. The molecule has 1 aromatic heterocycles. The standard InChI is InChI=1S/C23H25N3O7S/c1-14-18(15(2)33-26-14)13-32-21-8-5-16(11-22(21)31-4)6-10-23(27)25-19-12-17(34(24,28)29)7-9-20(19)30-3/h5-12H,13H2,1-4H3,(H,25,27)(H2,24,28,29)/b10-6+. The number of aryl methyl sites for hydroxylation is 2. The molecule has 0 radical (unpaired) electrons. The first-order valence-corrected chi connectivity index (χ1v) is 11.6. The SMILES string of the molecule is COc1ccc(S(N)(=O)=O)cc1NC(=O)/C=C/c1ccc(OCc2c(C)noc2C)c(OC)c1. The first-order valence-electron chi connectivity index (χ1n) is 10.0. The van der Waals surface area contributed by atoms with Crippen LogP contribution in [0.4, 0.5) is 5.69 Å². The van der Waals surface area contributed by atoms with E-state index in [9.17, 15) is 13.2 Å². The van der Waals surface area contributed by atoms with Gasteiger partial charge in [0.05, 0.1) is 36.1 Å². The molecule has 0 saturated heterocycles. The van der Waals surface area contributed by atoms with Gasteiger partial charge in [-0.1, -0.05) is 11.2 Å². The Labute approximate surface area is 197 Å². The number of methoxy groups -OCH3 is 2. The number of nitrogens with zero attached hydrogens (tertiary/aromatic N) is 1. The zero-order valence-corrected chi connectivity index (χ0v) is 19.9. The summed E-state index contributed by atoms with van der Waals surface area (Å²) in [5.74, 6) is 1.48. The van der Waals surface area contributed by atoms with E-state index in [1.807, 2.05) is 13.8 Å². The molecule has 0 aliphatic carbocycles. The number of nitrogens with two attached hydrogens (primary N) is 1. The Morgan fingerprint density at radius 3 is 2.41 bits per heavy atom. The second-order valence-electron chi connectivity index (χ2n) is 7.23. The molecule has 0 aliphatic heterocycles. The average molecular weight is 488 g/mol. The highest BCUT2D eigenvalue weighted by molar-refractivity contribution is 7.89. The van der Waals surface area contributed by atoms with Gasteiger partial charge in [0.25, 0.3) is 0 Å². The highest BCUT2D eigenvalue weighted by atomic mass is 32.2. The van der Waals surface area contributed by atoms with E-state index in [0.717, 1.165) is 11.3 Å². The predicted molar refractivity (Wildman–Crippen MR) is 125 cm³/mol. The third-order valence-electron chi connectivity index (χ3n) is 4.93. The van der Waals surface area contributed by atoms with Gasteiger partial charge >= 0.3 is 0 Å². The lowest BCUT2D eigenvalue weighted by molar-refractivity contribution is -0.111. The number of aromatic nitrogens is 1. The lowest BCUT2D eigenvalue weighted by Gasteiger charge is -2.11. The summed E-state index contributed by atoms with van der Waals surface area (Å²) in [6, 6.07) is 9.14. The van der Waals surface area contributed by atoms with E-state index >= 15 is 0 Å². The van der Waals surface area contributed by atoms with Crippen molar-refractivity contribution < 1.29 is 31.9 Å². The van der Waals surface area contributed by atoms with E-state index in [4.69, 9.17) is 23.9 Å². The number of sulfonamides is 1. The Morgan fingerprint density at radius 2 is 1.79 bits per heavy atom. The second-order valence-corrected chi connectivity index (χ2v) is 8.79. The Hall–Kier alpha value is -3.83. The van der Waals surface area contributed by atoms with Gasteiger partial charge in [-0.15, -0.1) is 0 Å². The van der Waals surface area contributed by atoms with E-state index in [0.29, 0.717) is 22.8 Å². The van der Waals surface area contributed by atoms with Crippen molar-refractivity contribution in [3.63, 3.8) is 0 Å². The Kier molecular flexibility index (Phi) is 7.59. The third-order valence-corrected chi connectivity index (χ3v) is 5.84. The van der Waals surface area contributed by atoms with Crippen LogP contribution in [0.2, 0.25) is 0 Å². The van der Waals surface area contributed by atoms with Gasteiger partial charge in [-0.2, -0.15) is 0 Å². The molecule has 0 spiro atoms. The number of amides is 1. The van der Waals surface area contributed by atoms with Crippen LogP contribution < -0.4 is 24.7 Å². The Morgan fingerprint density at radius 1 is 1.09 bits per heavy atom. The summed E-state index contributed by atoms with van der Waals surface area (Å²) in [6.07, 6.45) is 2.87.